The summed E-state index contributed by atoms with van der Waals surface area (Å²) in [5.74, 6) is 3.67. The minimum absolute atomic E-state index is 0.0483. The SMILES string of the molecule is C=C[C@H]1C[N+]2(CCOc3c4cc(C(C)(C)C)cc3Cc3cc(C(C)(C)C)cc(c3O)Cc3cc(C(C)(C)C)cc(c3OCC[N+]35CC[C@@H](C[C@H]3[C@H](O)c3ccnc6ccccc36)[C@@H](C=C)C5)Cc3cc(C(C)(C)C)cc(c3O)C4)CC[C@H]1C[C@H]2[C@H](O)c1ccnc2ccccc12. The van der Waals surface area contributed by atoms with Crippen molar-refractivity contribution in [2.45, 2.75) is 180 Å². The van der Waals surface area contributed by atoms with Crippen molar-refractivity contribution in [1.29, 1.82) is 0 Å². The molecule has 6 saturated heterocycles. The molecule has 10 heteroatoms. The number of phenols is 2. The Hall–Kier alpha value is -7.34. The van der Waals surface area contributed by atoms with Gasteiger partial charge in [-0.1, -0.05) is 180 Å². The molecule has 8 aromatic rings. The first-order chi connectivity index (χ1) is 45.5. The maximum Gasteiger partial charge on any atom is 0.137 e. The van der Waals surface area contributed by atoms with Gasteiger partial charge in [0.15, 0.2) is 0 Å². The second-order valence-electron chi connectivity index (χ2n) is 33.9. The molecule has 8 heterocycles. The molecule has 6 fully saturated rings. The molecule has 6 aliphatic heterocycles. The van der Waals surface area contributed by atoms with E-state index in [1.165, 1.54) is 0 Å². The van der Waals surface area contributed by atoms with Gasteiger partial charge in [0, 0.05) is 86.4 Å². The monoisotopic (exact) mass is 1290 g/mol. The normalized spacial score (nSPS) is 24.2. The fraction of sp³-hybridized carbons (Fsp3) is 0.465. The molecule has 0 radical (unpaired) electrons. The molecule has 0 spiro atoms. The lowest BCUT2D eigenvalue weighted by Gasteiger charge is -2.58. The van der Waals surface area contributed by atoms with Gasteiger partial charge in [-0.05, 0) is 136 Å². The molecule has 15 rings (SSSR count). The first kappa shape index (κ1) is 67.2. The minimum atomic E-state index is -0.701. The number of pyridine rings is 2. The number of hydrogen-bond acceptors (Lipinski definition) is 8. The predicted octanol–water partition coefficient (Wildman–Crippen LogP) is 17.1. The second-order valence-corrected chi connectivity index (χ2v) is 33.9. The van der Waals surface area contributed by atoms with Crippen LogP contribution in [-0.4, -0.2) is 104 Å². The Morgan fingerprint density at radius 2 is 0.781 bits per heavy atom. The van der Waals surface area contributed by atoms with Crippen LogP contribution in [0.15, 0.2) is 147 Å². The highest BCUT2D eigenvalue weighted by atomic mass is 16.5. The van der Waals surface area contributed by atoms with Gasteiger partial charge in [-0.15, -0.1) is 13.2 Å². The smallest absolute Gasteiger partial charge is 0.137 e. The molecule has 1 aliphatic carbocycles. The van der Waals surface area contributed by atoms with Gasteiger partial charge >= 0.3 is 0 Å². The molecule has 7 aliphatic rings. The topological polar surface area (TPSA) is 125 Å². The van der Waals surface area contributed by atoms with Gasteiger partial charge < -0.3 is 38.9 Å². The molecule has 10 atom stereocenters. The van der Waals surface area contributed by atoms with Crippen molar-refractivity contribution in [3.63, 3.8) is 0 Å². The van der Waals surface area contributed by atoms with Gasteiger partial charge in [0.05, 0.1) is 37.2 Å². The molecule has 6 aromatic carbocycles. The lowest BCUT2D eigenvalue weighted by atomic mass is 9.71. The predicted molar refractivity (Wildman–Crippen MR) is 390 cm³/mol. The quantitative estimate of drug-likeness (QED) is 0.0627. The van der Waals surface area contributed by atoms with Gasteiger partial charge in [-0.2, -0.15) is 0 Å². The van der Waals surface area contributed by atoms with Gasteiger partial charge in [0.2, 0.25) is 0 Å². The summed E-state index contributed by atoms with van der Waals surface area (Å²) in [4.78, 5) is 9.37. The zero-order valence-corrected chi connectivity index (χ0v) is 59.4. The van der Waals surface area contributed by atoms with E-state index in [9.17, 15) is 20.4 Å². The fourth-order valence-corrected chi connectivity index (χ4v) is 17.8. The Bertz CT molecular complexity index is 3890. The molecule has 96 heavy (non-hydrogen) atoms. The third-order valence-corrected chi connectivity index (χ3v) is 23.7. The van der Waals surface area contributed by atoms with E-state index in [-0.39, 0.29) is 45.2 Å². The lowest BCUT2D eigenvalue weighted by molar-refractivity contribution is -0.973. The van der Waals surface area contributed by atoms with Gasteiger partial charge in [0.1, 0.15) is 73.6 Å². The Kier molecular flexibility index (Phi) is 17.9. The van der Waals surface area contributed by atoms with Crippen LogP contribution in [-0.2, 0) is 47.3 Å². The number of quaternary nitrogens is 2. The second kappa shape index (κ2) is 25.5. The number of benzene rings is 6. The van der Waals surface area contributed by atoms with Crippen molar-refractivity contribution in [2.75, 3.05) is 52.5 Å². The van der Waals surface area contributed by atoms with E-state index in [4.69, 9.17) is 9.47 Å². The molecule has 12 bridgehead atoms. The van der Waals surface area contributed by atoms with Crippen molar-refractivity contribution in [3.05, 3.63) is 225 Å². The number of piperidine rings is 6. The number of nitrogens with zero attached hydrogens (tertiary/aromatic N) is 4. The van der Waals surface area contributed by atoms with Gasteiger partial charge in [-0.3, -0.25) is 9.97 Å². The van der Waals surface area contributed by atoms with E-state index >= 15 is 0 Å². The summed E-state index contributed by atoms with van der Waals surface area (Å²) < 4.78 is 16.5. The number of aromatic nitrogens is 2. The Balaban J connectivity index is 0.933. The third-order valence-electron chi connectivity index (χ3n) is 23.7. The fourth-order valence-electron chi connectivity index (χ4n) is 17.8. The van der Waals surface area contributed by atoms with Gasteiger partial charge in [-0.25, -0.2) is 0 Å². The first-order valence-corrected chi connectivity index (χ1v) is 35.8. The number of fused-ring (bicyclic) bond motifs is 16. The number of aliphatic hydroxyl groups excluding tert-OH is 2. The highest BCUT2D eigenvalue weighted by molar-refractivity contribution is 5.83. The zero-order chi connectivity index (χ0) is 68.0. The maximum atomic E-state index is 13.3. The molecule has 0 saturated carbocycles. The van der Waals surface area contributed by atoms with Crippen LogP contribution in [0.1, 0.15) is 199 Å². The highest BCUT2D eigenvalue weighted by Crippen LogP contribution is 2.51. The van der Waals surface area contributed by atoms with Gasteiger partial charge in [0.25, 0.3) is 0 Å². The number of para-hydroxylation sites is 2. The molecule has 504 valence electrons. The summed E-state index contributed by atoms with van der Waals surface area (Å²) in [6.45, 7) is 41.7. The van der Waals surface area contributed by atoms with E-state index in [1.807, 2.05) is 60.9 Å². The van der Waals surface area contributed by atoms with E-state index in [0.29, 0.717) is 75.7 Å². The summed E-state index contributed by atoms with van der Waals surface area (Å²) in [6.07, 6.45) is 12.1. The van der Waals surface area contributed by atoms with E-state index in [2.05, 4.69) is 179 Å². The largest absolute Gasteiger partial charge is 0.507 e. The Labute approximate surface area is 572 Å². The summed E-state index contributed by atoms with van der Waals surface area (Å²) in [6, 6.07) is 38.4. The van der Waals surface area contributed by atoms with Crippen LogP contribution >= 0.6 is 0 Å². The van der Waals surface area contributed by atoms with E-state index in [0.717, 1.165) is 172 Å². The van der Waals surface area contributed by atoms with Crippen molar-refractivity contribution in [1.82, 2.24) is 9.97 Å². The van der Waals surface area contributed by atoms with Crippen molar-refractivity contribution < 1.29 is 38.9 Å². The van der Waals surface area contributed by atoms with Crippen molar-refractivity contribution in [3.8, 4) is 23.0 Å². The summed E-state index contributed by atoms with van der Waals surface area (Å²) >= 11 is 0. The molecule has 2 unspecified atom stereocenters. The standard InChI is InChI=1S/C86H104N4O6/c1-15-53-51-89(31-27-55(53)49-75(89)79(93)71-25-29-87-73-23-19-17-21-69(71)73)33-35-95-81-61-37-57-41-65(83(3,4)5)43-59(77(57)91)39-63-47-68(86(12,13)14)48-64(40-60-44-66(84(6,7)8)42-58(78(60)92)38-62(81)46-67(45-61)85(9,10)11)82(63)96-36-34-90-32-28-56(54(16-2)52-90)50-76(90)80(94)72-26-30-88-74-24-20-18-22-70(72)74/h15-26,29-30,41-48,53-56,75-76,79-80,93-94H,1-2,27-28,31-40,49-52H2,3-14H3/p+2/t53-,54-,55-,56-,75-,76-,79+,80+,89?,90?/m0/s1. The summed E-state index contributed by atoms with van der Waals surface area (Å²) in [5.41, 5.74) is 14.4. The number of ether oxygens (including phenoxy) is 2. The molecule has 10 nitrogen and oxygen atoms in total. The molecular weight excluding hydrogens is 1180 g/mol. The number of aliphatic hydroxyl groups is 2. The highest BCUT2D eigenvalue weighted by Gasteiger charge is 2.56. The van der Waals surface area contributed by atoms with E-state index in [1.54, 1.807) is 0 Å². The van der Waals surface area contributed by atoms with Crippen molar-refractivity contribution in [2.24, 2.45) is 23.7 Å². The Morgan fingerprint density at radius 3 is 1.09 bits per heavy atom. The summed E-state index contributed by atoms with van der Waals surface area (Å²) in [7, 11) is 0. The number of phenolic OH excluding ortho intramolecular Hbond substituents is 2. The van der Waals surface area contributed by atoms with Crippen LogP contribution in [0.25, 0.3) is 21.8 Å². The van der Waals surface area contributed by atoms with Crippen LogP contribution in [0.2, 0.25) is 0 Å². The van der Waals surface area contributed by atoms with Crippen LogP contribution in [0.4, 0.5) is 0 Å². The number of hydrogen-bond donors (Lipinski definition) is 4. The van der Waals surface area contributed by atoms with Crippen LogP contribution in [0.5, 0.6) is 23.0 Å². The average molecular weight is 1290 g/mol. The maximum absolute atomic E-state index is 13.3. The lowest BCUT2D eigenvalue weighted by Crippen LogP contribution is -2.69. The van der Waals surface area contributed by atoms with Crippen molar-refractivity contribution >= 4 is 21.8 Å². The first-order valence-electron chi connectivity index (χ1n) is 35.8. The van der Waals surface area contributed by atoms with Crippen LogP contribution in [0.3, 0.4) is 0 Å². The Morgan fingerprint density at radius 1 is 0.469 bits per heavy atom. The van der Waals surface area contributed by atoms with E-state index < -0.39 is 12.2 Å². The number of rotatable bonds is 14. The zero-order valence-electron chi connectivity index (χ0n) is 59.4. The molecule has 0 amide bonds. The minimum Gasteiger partial charge on any atom is -0.507 e. The third kappa shape index (κ3) is 12.8. The molecule has 2 aromatic heterocycles. The van der Waals surface area contributed by atoms with Crippen LogP contribution in [0, 0.1) is 23.7 Å². The molecular formula is C86H106N4O6+2. The summed E-state index contributed by atoms with van der Waals surface area (Å²) in [5, 5.41) is 54.2. The van der Waals surface area contributed by atoms with Crippen LogP contribution < -0.4 is 9.47 Å². The average Bonchev–Trinajstić information content (AvgIpc) is 0.751. The molecule has 4 N–H and O–H groups in total. The number of aromatic hydroxyl groups is 2.